The Labute approximate surface area is 117 Å². The molecule has 1 rings (SSSR count). The monoisotopic (exact) mass is 262 g/mol. The third-order valence-electron chi connectivity index (χ3n) is 3.67. The second-order valence-corrected chi connectivity index (χ2v) is 5.58. The first kappa shape index (κ1) is 15.7. The summed E-state index contributed by atoms with van der Waals surface area (Å²) in [6.07, 6.45) is 0. The van der Waals surface area contributed by atoms with Gasteiger partial charge < -0.3 is 10.2 Å². The summed E-state index contributed by atoms with van der Waals surface area (Å²) in [5, 5.41) is 3.16. The Morgan fingerprint density at radius 2 is 1.84 bits per heavy atom. The van der Waals surface area contributed by atoms with Gasteiger partial charge in [-0.3, -0.25) is 4.79 Å². The fourth-order valence-corrected chi connectivity index (χ4v) is 1.95. The van der Waals surface area contributed by atoms with Crippen molar-refractivity contribution in [3.63, 3.8) is 0 Å². The van der Waals surface area contributed by atoms with Crippen molar-refractivity contribution in [2.45, 2.75) is 47.2 Å². The molecule has 3 nitrogen and oxygen atoms in total. The van der Waals surface area contributed by atoms with Crippen LogP contribution in [0.15, 0.2) is 12.1 Å². The van der Waals surface area contributed by atoms with Crippen molar-refractivity contribution in [3.8, 4) is 0 Å². The van der Waals surface area contributed by atoms with Crippen molar-refractivity contribution in [2.75, 3.05) is 13.6 Å². The summed E-state index contributed by atoms with van der Waals surface area (Å²) in [6.45, 7) is 11.5. The molecule has 0 fully saturated rings. The van der Waals surface area contributed by atoms with Crippen LogP contribution in [0.3, 0.4) is 0 Å². The smallest absolute Gasteiger partial charge is 0.236 e. The lowest BCUT2D eigenvalue weighted by atomic mass is 9.98. The second kappa shape index (κ2) is 6.71. The zero-order valence-corrected chi connectivity index (χ0v) is 13.0. The molecule has 0 aliphatic carbocycles. The van der Waals surface area contributed by atoms with E-state index in [1.54, 1.807) is 4.90 Å². The van der Waals surface area contributed by atoms with E-state index >= 15 is 0 Å². The van der Waals surface area contributed by atoms with Crippen LogP contribution in [0.25, 0.3) is 0 Å². The highest BCUT2D eigenvalue weighted by Gasteiger charge is 2.11. The standard InChI is InChI=1S/C16H26N2O/c1-11(2)17-9-16(19)18(6)10-15-8-7-12(3)13(4)14(15)5/h7-8,11,17H,9-10H2,1-6H3. The average Bonchev–Trinajstić information content (AvgIpc) is 2.36. The third-order valence-corrected chi connectivity index (χ3v) is 3.67. The molecule has 0 saturated heterocycles. The van der Waals surface area contributed by atoms with Crippen LogP contribution in [-0.2, 0) is 11.3 Å². The molecule has 1 amide bonds. The van der Waals surface area contributed by atoms with Gasteiger partial charge in [0.1, 0.15) is 0 Å². The average molecular weight is 262 g/mol. The van der Waals surface area contributed by atoms with E-state index in [-0.39, 0.29) is 5.91 Å². The minimum Gasteiger partial charge on any atom is -0.340 e. The fraction of sp³-hybridized carbons (Fsp3) is 0.562. The molecule has 3 heteroatoms. The molecule has 0 bridgehead atoms. The predicted molar refractivity (Wildman–Crippen MR) is 80.3 cm³/mol. The van der Waals surface area contributed by atoms with Gasteiger partial charge >= 0.3 is 0 Å². The van der Waals surface area contributed by atoms with Gasteiger partial charge in [0.2, 0.25) is 5.91 Å². The SMILES string of the molecule is Cc1ccc(CN(C)C(=O)CNC(C)C)c(C)c1C. The number of hydrogen-bond acceptors (Lipinski definition) is 2. The molecule has 1 N–H and O–H groups in total. The van der Waals surface area contributed by atoms with Crippen LogP contribution in [0.1, 0.15) is 36.1 Å². The molecule has 0 aliphatic rings. The lowest BCUT2D eigenvalue weighted by Gasteiger charge is -2.20. The van der Waals surface area contributed by atoms with Gasteiger partial charge in [-0.25, -0.2) is 0 Å². The number of nitrogens with one attached hydrogen (secondary N) is 1. The van der Waals surface area contributed by atoms with Gasteiger partial charge in [-0.1, -0.05) is 26.0 Å². The normalized spacial score (nSPS) is 10.9. The van der Waals surface area contributed by atoms with Crippen LogP contribution >= 0.6 is 0 Å². The number of nitrogens with zero attached hydrogens (tertiary/aromatic N) is 1. The summed E-state index contributed by atoms with van der Waals surface area (Å²) in [4.78, 5) is 13.8. The molecule has 0 unspecified atom stereocenters. The highest BCUT2D eigenvalue weighted by molar-refractivity contribution is 5.78. The molecule has 0 spiro atoms. The van der Waals surface area contributed by atoms with Gasteiger partial charge in [0.15, 0.2) is 0 Å². The van der Waals surface area contributed by atoms with E-state index in [1.165, 1.54) is 22.3 Å². The van der Waals surface area contributed by atoms with Crippen molar-refractivity contribution in [1.29, 1.82) is 0 Å². The largest absolute Gasteiger partial charge is 0.340 e. The number of hydrogen-bond donors (Lipinski definition) is 1. The molecule has 0 radical (unpaired) electrons. The number of rotatable bonds is 5. The Morgan fingerprint density at radius 1 is 1.21 bits per heavy atom. The Kier molecular flexibility index (Phi) is 5.55. The lowest BCUT2D eigenvalue weighted by Crippen LogP contribution is -2.37. The van der Waals surface area contributed by atoms with E-state index in [2.05, 4.69) is 38.2 Å². The highest BCUT2D eigenvalue weighted by atomic mass is 16.2. The summed E-state index contributed by atoms with van der Waals surface area (Å²) in [6, 6.07) is 4.58. The zero-order valence-electron chi connectivity index (χ0n) is 13.0. The molecular formula is C16H26N2O. The summed E-state index contributed by atoms with van der Waals surface area (Å²) in [5.41, 5.74) is 5.13. The Bertz CT molecular complexity index is 452. The predicted octanol–water partition coefficient (Wildman–Crippen LogP) is 2.57. The molecule has 1 aromatic carbocycles. The van der Waals surface area contributed by atoms with Crippen molar-refractivity contribution in [3.05, 3.63) is 34.4 Å². The van der Waals surface area contributed by atoms with Crippen molar-refractivity contribution >= 4 is 5.91 Å². The van der Waals surface area contributed by atoms with Crippen molar-refractivity contribution < 1.29 is 4.79 Å². The molecule has 19 heavy (non-hydrogen) atoms. The Hall–Kier alpha value is -1.35. The van der Waals surface area contributed by atoms with Crippen LogP contribution in [0.4, 0.5) is 0 Å². The Balaban J connectivity index is 2.69. The molecule has 0 saturated carbocycles. The number of amides is 1. The van der Waals surface area contributed by atoms with Crippen molar-refractivity contribution in [1.82, 2.24) is 10.2 Å². The van der Waals surface area contributed by atoms with Crippen LogP contribution in [-0.4, -0.2) is 30.4 Å². The van der Waals surface area contributed by atoms with E-state index in [4.69, 9.17) is 0 Å². The molecule has 0 heterocycles. The third kappa shape index (κ3) is 4.35. The first-order chi connectivity index (χ1) is 8.82. The van der Waals surface area contributed by atoms with Crippen LogP contribution in [0.5, 0.6) is 0 Å². The van der Waals surface area contributed by atoms with Gasteiger partial charge in [0.05, 0.1) is 6.54 Å². The number of aryl methyl sites for hydroxylation is 1. The van der Waals surface area contributed by atoms with E-state index in [1.807, 2.05) is 20.9 Å². The number of carbonyl (C=O) groups excluding carboxylic acids is 1. The highest BCUT2D eigenvalue weighted by Crippen LogP contribution is 2.18. The lowest BCUT2D eigenvalue weighted by molar-refractivity contribution is -0.129. The molecule has 106 valence electrons. The number of benzene rings is 1. The van der Waals surface area contributed by atoms with Crippen LogP contribution in [0.2, 0.25) is 0 Å². The van der Waals surface area contributed by atoms with Crippen LogP contribution < -0.4 is 5.32 Å². The maximum absolute atomic E-state index is 12.0. The minimum absolute atomic E-state index is 0.131. The van der Waals surface area contributed by atoms with E-state index in [9.17, 15) is 4.79 Å². The summed E-state index contributed by atoms with van der Waals surface area (Å²) in [7, 11) is 1.86. The molecule has 0 atom stereocenters. The van der Waals surface area contributed by atoms with Gasteiger partial charge in [0.25, 0.3) is 0 Å². The van der Waals surface area contributed by atoms with E-state index in [0.29, 0.717) is 19.1 Å². The summed E-state index contributed by atoms with van der Waals surface area (Å²) < 4.78 is 0. The molecular weight excluding hydrogens is 236 g/mol. The first-order valence-corrected chi connectivity index (χ1v) is 6.86. The van der Waals surface area contributed by atoms with Gasteiger partial charge in [-0.15, -0.1) is 0 Å². The number of carbonyl (C=O) groups is 1. The second-order valence-electron chi connectivity index (χ2n) is 5.58. The first-order valence-electron chi connectivity index (χ1n) is 6.86. The van der Waals surface area contributed by atoms with E-state index in [0.717, 1.165) is 0 Å². The molecule has 0 aliphatic heterocycles. The van der Waals surface area contributed by atoms with Gasteiger partial charge in [-0.2, -0.15) is 0 Å². The number of likely N-dealkylation sites (N-methyl/N-ethyl adjacent to an activating group) is 1. The Morgan fingerprint density at radius 3 is 2.42 bits per heavy atom. The summed E-state index contributed by atoms with van der Waals surface area (Å²) in [5.74, 6) is 0.131. The maximum Gasteiger partial charge on any atom is 0.236 e. The molecule has 0 aromatic heterocycles. The quantitative estimate of drug-likeness (QED) is 0.884. The van der Waals surface area contributed by atoms with E-state index < -0.39 is 0 Å². The molecule has 1 aromatic rings. The summed E-state index contributed by atoms with van der Waals surface area (Å²) >= 11 is 0. The van der Waals surface area contributed by atoms with Gasteiger partial charge in [0, 0.05) is 19.6 Å². The minimum atomic E-state index is 0.131. The fourth-order valence-electron chi connectivity index (χ4n) is 1.95. The van der Waals surface area contributed by atoms with Crippen LogP contribution in [0, 0.1) is 20.8 Å². The van der Waals surface area contributed by atoms with Crippen molar-refractivity contribution in [2.24, 2.45) is 0 Å². The maximum atomic E-state index is 12.0. The zero-order chi connectivity index (χ0) is 14.6. The topological polar surface area (TPSA) is 32.3 Å². The van der Waals surface area contributed by atoms with Gasteiger partial charge in [-0.05, 0) is 43.0 Å².